The highest BCUT2D eigenvalue weighted by Crippen LogP contribution is 2.25. The molecule has 5 heteroatoms. The van der Waals surface area contributed by atoms with Crippen molar-refractivity contribution >= 4 is 12.2 Å². The van der Waals surface area contributed by atoms with E-state index in [1.807, 2.05) is 31.2 Å². The SMILES string of the molecule is Cc1cccc(-c2cnc(C(=O)NCC=O)c(O)c2)c1. The van der Waals surface area contributed by atoms with Crippen LogP contribution in [0, 0.1) is 6.92 Å². The number of carbonyl (C=O) groups is 2. The lowest BCUT2D eigenvalue weighted by atomic mass is 10.0. The fourth-order valence-electron chi connectivity index (χ4n) is 1.83. The summed E-state index contributed by atoms with van der Waals surface area (Å²) in [5, 5.41) is 12.2. The van der Waals surface area contributed by atoms with Crippen LogP contribution in [0.3, 0.4) is 0 Å². The molecule has 0 fully saturated rings. The average molecular weight is 270 g/mol. The summed E-state index contributed by atoms with van der Waals surface area (Å²) < 4.78 is 0. The molecule has 1 heterocycles. The van der Waals surface area contributed by atoms with Gasteiger partial charge in [0.05, 0.1) is 6.54 Å². The molecule has 0 radical (unpaired) electrons. The van der Waals surface area contributed by atoms with Gasteiger partial charge in [-0.1, -0.05) is 29.8 Å². The summed E-state index contributed by atoms with van der Waals surface area (Å²) in [5.74, 6) is -0.794. The Labute approximate surface area is 116 Å². The minimum atomic E-state index is -0.578. The zero-order valence-electron chi connectivity index (χ0n) is 11.0. The van der Waals surface area contributed by atoms with Gasteiger partial charge >= 0.3 is 0 Å². The molecular formula is C15H14N2O3. The van der Waals surface area contributed by atoms with Gasteiger partial charge in [0, 0.05) is 11.8 Å². The molecule has 102 valence electrons. The van der Waals surface area contributed by atoms with Gasteiger partial charge in [0.15, 0.2) is 5.69 Å². The van der Waals surface area contributed by atoms with Gasteiger partial charge in [-0.15, -0.1) is 0 Å². The van der Waals surface area contributed by atoms with Gasteiger partial charge < -0.3 is 15.2 Å². The number of rotatable bonds is 4. The molecule has 0 spiro atoms. The highest BCUT2D eigenvalue weighted by atomic mass is 16.3. The first-order valence-electron chi connectivity index (χ1n) is 6.09. The van der Waals surface area contributed by atoms with Gasteiger partial charge in [0.2, 0.25) is 0 Å². The highest BCUT2D eigenvalue weighted by Gasteiger charge is 2.13. The van der Waals surface area contributed by atoms with Gasteiger partial charge in [-0.05, 0) is 18.6 Å². The largest absolute Gasteiger partial charge is 0.505 e. The van der Waals surface area contributed by atoms with Crippen molar-refractivity contribution in [2.75, 3.05) is 6.54 Å². The number of aromatic hydroxyl groups is 1. The van der Waals surface area contributed by atoms with Crippen LogP contribution < -0.4 is 5.32 Å². The maximum absolute atomic E-state index is 11.6. The number of carbonyl (C=O) groups excluding carboxylic acids is 2. The molecule has 0 saturated carbocycles. The molecule has 1 aromatic heterocycles. The van der Waals surface area contributed by atoms with Crippen molar-refractivity contribution in [2.45, 2.75) is 6.92 Å². The number of aldehydes is 1. The summed E-state index contributed by atoms with van der Waals surface area (Å²) in [4.78, 5) is 25.8. The van der Waals surface area contributed by atoms with Crippen molar-refractivity contribution in [1.29, 1.82) is 0 Å². The molecule has 0 atom stereocenters. The number of amides is 1. The Hall–Kier alpha value is -2.69. The molecule has 0 aliphatic rings. The van der Waals surface area contributed by atoms with Gasteiger partial charge in [-0.25, -0.2) is 4.98 Å². The number of hydrogen-bond acceptors (Lipinski definition) is 4. The Morgan fingerprint density at radius 3 is 2.80 bits per heavy atom. The van der Waals surface area contributed by atoms with Crippen LogP contribution in [0.1, 0.15) is 16.1 Å². The molecular weight excluding hydrogens is 256 g/mol. The van der Waals surface area contributed by atoms with E-state index in [4.69, 9.17) is 0 Å². The Morgan fingerprint density at radius 2 is 2.15 bits per heavy atom. The molecule has 0 saturated heterocycles. The van der Waals surface area contributed by atoms with Gasteiger partial charge in [0.1, 0.15) is 12.0 Å². The van der Waals surface area contributed by atoms with Crippen LogP contribution in [0.5, 0.6) is 5.75 Å². The first kappa shape index (κ1) is 13.7. The van der Waals surface area contributed by atoms with E-state index in [-0.39, 0.29) is 18.0 Å². The lowest BCUT2D eigenvalue weighted by Crippen LogP contribution is -2.26. The highest BCUT2D eigenvalue weighted by molar-refractivity contribution is 5.96. The fraction of sp³-hybridized carbons (Fsp3) is 0.133. The Bertz CT molecular complexity index is 653. The number of aromatic nitrogens is 1. The van der Waals surface area contributed by atoms with E-state index in [9.17, 15) is 14.7 Å². The quantitative estimate of drug-likeness (QED) is 0.829. The maximum Gasteiger partial charge on any atom is 0.274 e. The van der Waals surface area contributed by atoms with Crippen LogP contribution in [-0.4, -0.2) is 28.8 Å². The number of nitrogens with zero attached hydrogens (tertiary/aromatic N) is 1. The Morgan fingerprint density at radius 1 is 1.35 bits per heavy atom. The third-order valence-corrected chi connectivity index (χ3v) is 2.78. The summed E-state index contributed by atoms with van der Waals surface area (Å²) in [7, 11) is 0. The zero-order valence-corrected chi connectivity index (χ0v) is 11.0. The molecule has 0 unspecified atom stereocenters. The minimum absolute atomic E-state index is 0.0942. The molecule has 2 N–H and O–H groups in total. The van der Waals surface area contributed by atoms with E-state index in [2.05, 4.69) is 10.3 Å². The van der Waals surface area contributed by atoms with Crippen molar-refractivity contribution < 1.29 is 14.7 Å². The molecule has 1 amide bonds. The molecule has 2 rings (SSSR count). The van der Waals surface area contributed by atoms with Crippen LogP contribution in [0.2, 0.25) is 0 Å². The molecule has 0 bridgehead atoms. The predicted molar refractivity (Wildman–Crippen MR) is 74.5 cm³/mol. The number of nitrogens with one attached hydrogen (secondary N) is 1. The van der Waals surface area contributed by atoms with Crippen molar-refractivity contribution in [1.82, 2.24) is 10.3 Å². The normalized spacial score (nSPS) is 10.1. The van der Waals surface area contributed by atoms with Crippen LogP contribution in [0.25, 0.3) is 11.1 Å². The third-order valence-electron chi connectivity index (χ3n) is 2.78. The van der Waals surface area contributed by atoms with E-state index in [1.165, 1.54) is 12.3 Å². The van der Waals surface area contributed by atoms with Crippen molar-refractivity contribution in [3.05, 3.63) is 47.8 Å². The standard InChI is InChI=1S/C15H14N2O3/c1-10-3-2-4-11(7-10)12-8-13(19)14(17-9-12)15(20)16-5-6-18/h2-4,6-9,19H,5H2,1H3,(H,16,20). The Balaban J connectivity index is 2.30. The first-order chi connectivity index (χ1) is 9.61. The summed E-state index contributed by atoms with van der Waals surface area (Å²) in [5.41, 5.74) is 2.63. The number of benzene rings is 1. The van der Waals surface area contributed by atoms with Crippen molar-refractivity contribution in [3.63, 3.8) is 0 Å². The maximum atomic E-state index is 11.6. The second-order valence-corrected chi connectivity index (χ2v) is 4.34. The van der Waals surface area contributed by atoms with Gasteiger partial charge in [-0.3, -0.25) is 4.79 Å². The fourth-order valence-corrected chi connectivity index (χ4v) is 1.83. The van der Waals surface area contributed by atoms with Crippen LogP contribution in [0.15, 0.2) is 36.5 Å². The first-order valence-corrected chi connectivity index (χ1v) is 6.09. The van der Waals surface area contributed by atoms with E-state index in [0.29, 0.717) is 6.29 Å². The lowest BCUT2D eigenvalue weighted by molar-refractivity contribution is -0.107. The van der Waals surface area contributed by atoms with Crippen LogP contribution in [-0.2, 0) is 4.79 Å². The van der Waals surface area contributed by atoms with Gasteiger partial charge in [-0.2, -0.15) is 0 Å². The average Bonchev–Trinajstić information content (AvgIpc) is 2.44. The summed E-state index contributed by atoms with van der Waals surface area (Å²) in [6.45, 7) is 1.86. The third kappa shape index (κ3) is 3.00. The number of aryl methyl sites for hydroxylation is 1. The monoisotopic (exact) mass is 270 g/mol. The smallest absolute Gasteiger partial charge is 0.274 e. The second-order valence-electron chi connectivity index (χ2n) is 4.34. The molecule has 1 aromatic carbocycles. The zero-order chi connectivity index (χ0) is 14.5. The van der Waals surface area contributed by atoms with Crippen molar-refractivity contribution in [3.8, 4) is 16.9 Å². The van der Waals surface area contributed by atoms with Gasteiger partial charge in [0.25, 0.3) is 5.91 Å². The lowest BCUT2D eigenvalue weighted by Gasteiger charge is -2.07. The summed E-state index contributed by atoms with van der Waals surface area (Å²) in [6.07, 6.45) is 2.08. The predicted octanol–water partition coefficient (Wildman–Crippen LogP) is 1.69. The number of pyridine rings is 1. The molecule has 2 aromatic rings. The summed E-state index contributed by atoms with van der Waals surface area (Å²) >= 11 is 0. The Kier molecular flexibility index (Phi) is 4.10. The number of hydrogen-bond donors (Lipinski definition) is 2. The molecule has 20 heavy (non-hydrogen) atoms. The van der Waals surface area contributed by atoms with Crippen LogP contribution in [0.4, 0.5) is 0 Å². The van der Waals surface area contributed by atoms with E-state index in [0.717, 1.165) is 16.7 Å². The topological polar surface area (TPSA) is 79.3 Å². The second kappa shape index (κ2) is 5.97. The van der Waals surface area contributed by atoms with Crippen molar-refractivity contribution in [2.24, 2.45) is 0 Å². The van der Waals surface area contributed by atoms with E-state index < -0.39 is 5.91 Å². The summed E-state index contributed by atoms with van der Waals surface area (Å²) in [6, 6.07) is 9.22. The molecule has 0 aliphatic carbocycles. The molecule has 5 nitrogen and oxygen atoms in total. The minimum Gasteiger partial charge on any atom is -0.505 e. The van der Waals surface area contributed by atoms with E-state index >= 15 is 0 Å². The molecule has 0 aliphatic heterocycles. The van der Waals surface area contributed by atoms with E-state index in [1.54, 1.807) is 0 Å². The van der Waals surface area contributed by atoms with Crippen LogP contribution >= 0.6 is 0 Å².